The molecule has 3 aromatic heterocycles. The number of pyridine rings is 1. The van der Waals surface area contributed by atoms with Crippen LogP contribution in [-0.4, -0.2) is 55.9 Å². The summed E-state index contributed by atoms with van der Waals surface area (Å²) in [7, 11) is 0. The first-order chi connectivity index (χ1) is 23.9. The Labute approximate surface area is 282 Å². The van der Waals surface area contributed by atoms with Crippen molar-refractivity contribution in [3.8, 4) is 11.3 Å². The third-order valence-corrected chi connectivity index (χ3v) is 10.0. The zero-order chi connectivity index (χ0) is 33.5. The van der Waals surface area contributed by atoms with Gasteiger partial charge in [0.2, 0.25) is 0 Å². The molecule has 2 aliphatic heterocycles. The van der Waals surface area contributed by atoms with Crippen LogP contribution in [0, 0.1) is 11.2 Å². The van der Waals surface area contributed by atoms with Gasteiger partial charge in [-0.25, -0.2) is 24.1 Å². The van der Waals surface area contributed by atoms with Crippen LogP contribution in [0.2, 0.25) is 0 Å². The molecule has 8 rings (SSSR count). The van der Waals surface area contributed by atoms with Gasteiger partial charge in [0.25, 0.3) is 5.91 Å². The Morgan fingerprint density at radius 1 is 1.00 bits per heavy atom. The zero-order valence-electron chi connectivity index (χ0n) is 27.0. The van der Waals surface area contributed by atoms with Crippen LogP contribution < -0.4 is 16.0 Å². The number of likely N-dealkylation sites (tertiary alicyclic amines) is 1. The number of nitrogen functional groups attached to an aromatic ring is 1. The van der Waals surface area contributed by atoms with Gasteiger partial charge in [0, 0.05) is 61.1 Å². The van der Waals surface area contributed by atoms with E-state index in [-0.39, 0.29) is 34.7 Å². The summed E-state index contributed by atoms with van der Waals surface area (Å²) in [4.78, 5) is 44.3. The highest BCUT2D eigenvalue weighted by molar-refractivity contribution is 6.04. The second-order valence-corrected chi connectivity index (χ2v) is 13.3. The molecule has 3 fully saturated rings. The van der Waals surface area contributed by atoms with Crippen LogP contribution in [0.1, 0.15) is 66.3 Å². The van der Waals surface area contributed by atoms with E-state index in [1.54, 1.807) is 34.0 Å². The van der Waals surface area contributed by atoms with Crippen molar-refractivity contribution in [2.24, 2.45) is 5.41 Å². The number of carbonyl (C=O) groups is 2. The van der Waals surface area contributed by atoms with E-state index in [1.165, 1.54) is 18.6 Å². The Kier molecular flexibility index (Phi) is 7.85. The molecule has 250 valence electrons. The monoisotopic (exact) mass is 660 g/mol. The van der Waals surface area contributed by atoms with E-state index >= 15 is 4.39 Å². The quantitative estimate of drug-likeness (QED) is 0.199. The van der Waals surface area contributed by atoms with Crippen LogP contribution >= 0.6 is 0 Å². The van der Waals surface area contributed by atoms with E-state index in [1.807, 2.05) is 42.5 Å². The van der Waals surface area contributed by atoms with Crippen LogP contribution in [0.25, 0.3) is 16.8 Å². The minimum atomic E-state index is -0.637. The molecule has 1 saturated carbocycles. The smallest absolute Gasteiger partial charge is 0.410 e. The van der Waals surface area contributed by atoms with Crippen molar-refractivity contribution in [1.29, 1.82) is 0 Å². The number of hydrogen-bond donors (Lipinski definition) is 2. The molecule has 11 nitrogen and oxygen atoms in total. The first kappa shape index (κ1) is 30.8. The number of rotatable bonds is 7. The third-order valence-electron chi connectivity index (χ3n) is 10.0. The number of nitrogens with two attached hydrogens (primary N) is 1. The van der Waals surface area contributed by atoms with E-state index in [9.17, 15) is 9.59 Å². The second-order valence-electron chi connectivity index (χ2n) is 13.3. The van der Waals surface area contributed by atoms with Gasteiger partial charge < -0.3 is 20.7 Å². The average Bonchev–Trinajstić information content (AvgIpc) is 3.61. The standard InChI is InChI=1S/C37H37FN8O3/c38-28-19-25(35(47)42-30-20-26(11-14-40-30)44-16-5-2-6-17-44)9-10-27(28)31-32-33(39)41-15-18-45(32)34(43-31)29-21-37(12-13-37)23-46(29)36(48)49-22-24-7-3-1-4-8-24/h1,3-4,7-11,14-15,18-20,29H,2,5-6,12-13,16-17,21-23H2,(H2,39,41)(H,40,42,47)/t29-/m0/s1. The minimum Gasteiger partial charge on any atom is -0.445 e. The zero-order valence-corrected chi connectivity index (χ0v) is 27.0. The normalized spacial score (nSPS) is 18.2. The highest BCUT2D eigenvalue weighted by atomic mass is 19.1. The summed E-state index contributed by atoms with van der Waals surface area (Å²) in [5, 5.41) is 2.81. The molecule has 2 saturated heterocycles. The van der Waals surface area contributed by atoms with E-state index in [0.717, 1.165) is 50.0 Å². The molecule has 5 heterocycles. The number of nitrogens with zero attached hydrogens (tertiary/aromatic N) is 6. The number of piperidine rings is 1. The number of nitrogens with one attached hydrogen (secondary N) is 1. The molecular weight excluding hydrogens is 623 g/mol. The number of aromatic nitrogens is 4. The topological polar surface area (TPSA) is 131 Å². The highest BCUT2D eigenvalue weighted by Gasteiger charge is 2.55. The van der Waals surface area contributed by atoms with Crippen LogP contribution in [-0.2, 0) is 11.3 Å². The molecule has 3 aliphatic rings. The van der Waals surface area contributed by atoms with E-state index in [2.05, 4.69) is 20.2 Å². The maximum atomic E-state index is 16.0. The van der Waals surface area contributed by atoms with Crippen molar-refractivity contribution in [3.63, 3.8) is 0 Å². The van der Waals surface area contributed by atoms with Gasteiger partial charge in [0.15, 0.2) is 0 Å². The van der Waals surface area contributed by atoms with Gasteiger partial charge in [-0.2, -0.15) is 0 Å². The third kappa shape index (κ3) is 6.03. The first-order valence-corrected chi connectivity index (χ1v) is 16.8. The highest BCUT2D eigenvalue weighted by Crippen LogP contribution is 2.58. The first-order valence-electron chi connectivity index (χ1n) is 16.8. The maximum Gasteiger partial charge on any atom is 0.410 e. The molecule has 3 N–H and O–H groups in total. The van der Waals surface area contributed by atoms with Crippen molar-refractivity contribution in [2.45, 2.75) is 51.2 Å². The largest absolute Gasteiger partial charge is 0.445 e. The number of imidazole rings is 1. The Balaban J connectivity index is 1.07. The number of ether oxygens (including phenoxy) is 1. The number of anilines is 3. The van der Waals surface area contributed by atoms with Crippen molar-refractivity contribution in [2.75, 3.05) is 35.6 Å². The lowest BCUT2D eigenvalue weighted by Gasteiger charge is -2.28. The Morgan fingerprint density at radius 2 is 1.82 bits per heavy atom. The molecule has 0 unspecified atom stereocenters. The lowest BCUT2D eigenvalue weighted by Crippen LogP contribution is -2.32. The molecule has 0 radical (unpaired) electrons. The minimum absolute atomic E-state index is 0.0173. The molecule has 1 aliphatic carbocycles. The Morgan fingerprint density at radius 3 is 2.59 bits per heavy atom. The van der Waals surface area contributed by atoms with Gasteiger partial charge in [-0.3, -0.25) is 14.1 Å². The molecule has 0 bridgehead atoms. The number of fused-ring (bicyclic) bond motifs is 1. The molecule has 49 heavy (non-hydrogen) atoms. The summed E-state index contributed by atoms with van der Waals surface area (Å²) in [5.41, 5.74) is 9.33. The van der Waals surface area contributed by atoms with Crippen molar-refractivity contribution < 1.29 is 18.7 Å². The molecule has 2 amide bonds. The predicted molar refractivity (Wildman–Crippen MR) is 183 cm³/mol. The summed E-state index contributed by atoms with van der Waals surface area (Å²) in [6, 6.07) is 17.2. The molecule has 1 spiro atoms. The lowest BCUT2D eigenvalue weighted by molar-refractivity contribution is 0.0897. The van der Waals surface area contributed by atoms with Crippen LogP contribution in [0.4, 0.5) is 26.5 Å². The summed E-state index contributed by atoms with van der Waals surface area (Å²) in [6.45, 7) is 2.65. The van der Waals surface area contributed by atoms with Gasteiger partial charge in [0.05, 0.1) is 6.04 Å². The molecule has 12 heteroatoms. The SMILES string of the molecule is Nc1nccn2c([C@@H]3CC4(CC4)CN3C(=O)OCc3ccccc3)nc(-c3ccc(C(=O)Nc4cc(N5CCCCC5)ccn4)cc3F)c12. The number of hydrogen-bond acceptors (Lipinski definition) is 8. The van der Waals surface area contributed by atoms with Gasteiger partial charge in [-0.05, 0) is 73.8 Å². The van der Waals surface area contributed by atoms with Gasteiger partial charge >= 0.3 is 6.09 Å². The fraction of sp³-hybridized carbons (Fsp3) is 0.324. The Bertz CT molecular complexity index is 2040. The summed E-state index contributed by atoms with van der Waals surface area (Å²) >= 11 is 0. The van der Waals surface area contributed by atoms with E-state index in [0.29, 0.717) is 30.1 Å². The molecular formula is C37H37FN8O3. The van der Waals surface area contributed by atoms with Gasteiger partial charge in [-0.1, -0.05) is 30.3 Å². The molecule has 1 atom stereocenters. The van der Waals surface area contributed by atoms with Gasteiger partial charge in [-0.15, -0.1) is 0 Å². The fourth-order valence-electron chi connectivity index (χ4n) is 7.20. The van der Waals surface area contributed by atoms with Crippen LogP contribution in [0.3, 0.4) is 0 Å². The van der Waals surface area contributed by atoms with Crippen molar-refractivity contribution in [1.82, 2.24) is 24.3 Å². The Hall–Kier alpha value is -5.52. The van der Waals surface area contributed by atoms with E-state index < -0.39 is 23.9 Å². The lowest BCUT2D eigenvalue weighted by atomic mass is 10.0. The number of benzene rings is 2. The summed E-state index contributed by atoms with van der Waals surface area (Å²) < 4.78 is 23.5. The van der Waals surface area contributed by atoms with Crippen molar-refractivity contribution >= 4 is 34.8 Å². The van der Waals surface area contributed by atoms with Crippen LogP contribution in [0.15, 0.2) is 79.3 Å². The summed E-state index contributed by atoms with van der Waals surface area (Å²) in [5.74, 6) is 0.0187. The maximum absolute atomic E-state index is 16.0. The van der Waals surface area contributed by atoms with Gasteiger partial charge in [0.1, 0.15) is 41.1 Å². The molecule has 5 aromatic rings. The number of carbonyl (C=O) groups excluding carboxylic acids is 2. The fourth-order valence-corrected chi connectivity index (χ4v) is 7.20. The second kappa shape index (κ2) is 12.5. The molecule has 2 aromatic carbocycles. The number of halogens is 1. The number of amides is 2. The average molecular weight is 661 g/mol. The van der Waals surface area contributed by atoms with Crippen molar-refractivity contribution in [3.05, 3.63) is 102 Å². The predicted octanol–water partition coefficient (Wildman–Crippen LogP) is 6.62. The van der Waals surface area contributed by atoms with Crippen LogP contribution in [0.5, 0.6) is 0 Å². The summed E-state index contributed by atoms with van der Waals surface area (Å²) in [6.07, 6.45) is 10.8. The van der Waals surface area contributed by atoms with E-state index in [4.69, 9.17) is 15.5 Å².